The van der Waals surface area contributed by atoms with Gasteiger partial charge in [-0.05, 0) is 18.9 Å². The highest BCUT2D eigenvalue weighted by molar-refractivity contribution is 5.88. The Morgan fingerprint density at radius 1 is 1.25 bits per heavy atom. The van der Waals surface area contributed by atoms with Crippen LogP contribution in [0.15, 0.2) is 24.3 Å². The summed E-state index contributed by atoms with van der Waals surface area (Å²) in [6, 6.07) is 5.88. The number of hydrogen-bond acceptors (Lipinski definition) is 3. The fraction of sp³-hybridized carbons (Fsp3) is 0.429. The number of rotatable bonds is 4. The molecule has 0 bridgehead atoms. The van der Waals surface area contributed by atoms with Gasteiger partial charge >= 0.3 is 12.6 Å². The van der Waals surface area contributed by atoms with Crippen LogP contribution >= 0.6 is 0 Å². The molecule has 0 aromatic heterocycles. The molecule has 20 heavy (non-hydrogen) atoms. The molecule has 1 N–H and O–H groups in total. The zero-order chi connectivity index (χ0) is 14.8. The number of aliphatic carboxylic acids is 1. The van der Waals surface area contributed by atoms with Gasteiger partial charge in [-0.25, -0.2) is 0 Å². The van der Waals surface area contributed by atoms with Crippen LogP contribution in [0.4, 0.5) is 8.78 Å². The number of halogens is 2. The highest BCUT2D eigenvalue weighted by atomic mass is 19.3. The van der Waals surface area contributed by atoms with E-state index < -0.39 is 18.0 Å². The van der Waals surface area contributed by atoms with Crippen LogP contribution in [0.1, 0.15) is 31.2 Å². The van der Waals surface area contributed by atoms with E-state index in [1.807, 2.05) is 0 Å². The molecule has 0 radical (unpaired) electrons. The van der Waals surface area contributed by atoms with Gasteiger partial charge in [0.15, 0.2) is 0 Å². The van der Waals surface area contributed by atoms with E-state index in [2.05, 4.69) is 4.74 Å². The lowest BCUT2D eigenvalue weighted by Gasteiger charge is -2.34. The standard InChI is InChI=1S/C14H14F2O4/c15-13(16)20-11-4-2-1-3-10(11)14(12(18)19)7-5-9(17)6-8-14/h1-4,13H,5-8H2,(H,18,19). The second-order valence-corrected chi connectivity index (χ2v) is 4.80. The summed E-state index contributed by atoms with van der Waals surface area (Å²) < 4.78 is 29.3. The van der Waals surface area contributed by atoms with E-state index in [4.69, 9.17) is 0 Å². The van der Waals surface area contributed by atoms with E-state index in [1.165, 1.54) is 18.2 Å². The van der Waals surface area contributed by atoms with Gasteiger partial charge in [0, 0.05) is 18.4 Å². The number of alkyl halides is 2. The maximum absolute atomic E-state index is 12.4. The van der Waals surface area contributed by atoms with E-state index in [0.717, 1.165) is 0 Å². The van der Waals surface area contributed by atoms with Crippen LogP contribution in [0.25, 0.3) is 0 Å². The number of benzene rings is 1. The van der Waals surface area contributed by atoms with Crippen molar-refractivity contribution < 1.29 is 28.2 Å². The molecule has 1 aliphatic carbocycles. The van der Waals surface area contributed by atoms with Crippen LogP contribution in [0.3, 0.4) is 0 Å². The number of Topliss-reactive ketones (excluding diaryl/α,β-unsaturated/α-hetero) is 1. The van der Waals surface area contributed by atoms with Crippen LogP contribution in [0.5, 0.6) is 5.75 Å². The van der Waals surface area contributed by atoms with Crippen LogP contribution in [-0.2, 0) is 15.0 Å². The van der Waals surface area contributed by atoms with E-state index >= 15 is 0 Å². The maximum Gasteiger partial charge on any atom is 0.387 e. The first kappa shape index (κ1) is 14.4. The third-order valence-electron chi connectivity index (χ3n) is 3.69. The number of ether oxygens (including phenoxy) is 1. The lowest BCUT2D eigenvalue weighted by atomic mass is 9.69. The van der Waals surface area contributed by atoms with E-state index in [1.54, 1.807) is 6.07 Å². The zero-order valence-electron chi connectivity index (χ0n) is 10.6. The van der Waals surface area contributed by atoms with Gasteiger partial charge in [0.1, 0.15) is 11.5 Å². The second kappa shape index (κ2) is 5.56. The molecule has 1 aromatic rings. The van der Waals surface area contributed by atoms with E-state index in [0.29, 0.717) is 0 Å². The van der Waals surface area contributed by atoms with Crippen molar-refractivity contribution in [3.63, 3.8) is 0 Å². The van der Waals surface area contributed by atoms with Crippen molar-refractivity contribution in [3.05, 3.63) is 29.8 Å². The van der Waals surface area contributed by atoms with Crippen molar-refractivity contribution in [2.75, 3.05) is 0 Å². The van der Waals surface area contributed by atoms with Crippen LogP contribution < -0.4 is 4.74 Å². The third kappa shape index (κ3) is 2.64. The number of carboxylic acids is 1. The first-order chi connectivity index (χ1) is 9.45. The summed E-state index contributed by atoms with van der Waals surface area (Å²) in [4.78, 5) is 23.0. The van der Waals surface area contributed by atoms with Gasteiger partial charge in [-0.1, -0.05) is 18.2 Å². The molecule has 4 nitrogen and oxygen atoms in total. The first-order valence-corrected chi connectivity index (χ1v) is 6.25. The summed E-state index contributed by atoms with van der Waals surface area (Å²) in [6.45, 7) is -3.02. The summed E-state index contributed by atoms with van der Waals surface area (Å²) in [5.74, 6) is -1.26. The van der Waals surface area contributed by atoms with Gasteiger partial charge in [0.05, 0.1) is 5.41 Å². The number of carboxylic acid groups (broad SMARTS) is 1. The highest BCUT2D eigenvalue weighted by Gasteiger charge is 2.45. The molecule has 0 atom stereocenters. The molecule has 1 aliphatic rings. The van der Waals surface area contributed by atoms with Gasteiger partial charge < -0.3 is 9.84 Å². The molecule has 1 saturated carbocycles. The molecule has 0 spiro atoms. The summed E-state index contributed by atoms with van der Waals surface area (Å²) in [7, 11) is 0. The Morgan fingerprint density at radius 2 is 1.85 bits per heavy atom. The Balaban J connectivity index is 2.45. The monoisotopic (exact) mass is 284 g/mol. The Kier molecular flexibility index (Phi) is 4.01. The molecule has 0 heterocycles. The third-order valence-corrected chi connectivity index (χ3v) is 3.69. The van der Waals surface area contributed by atoms with Crippen LogP contribution in [-0.4, -0.2) is 23.5 Å². The molecule has 6 heteroatoms. The fourth-order valence-corrected chi connectivity index (χ4v) is 2.61. The minimum atomic E-state index is -3.02. The molecule has 0 unspecified atom stereocenters. The first-order valence-electron chi connectivity index (χ1n) is 6.25. The fourth-order valence-electron chi connectivity index (χ4n) is 2.61. The largest absolute Gasteiger partial charge is 0.481 e. The Bertz CT molecular complexity index is 518. The minimum absolute atomic E-state index is 0.00543. The topological polar surface area (TPSA) is 63.6 Å². The lowest BCUT2D eigenvalue weighted by Crippen LogP contribution is -2.40. The van der Waals surface area contributed by atoms with Gasteiger partial charge in [0.2, 0.25) is 0 Å². The Morgan fingerprint density at radius 3 is 2.40 bits per heavy atom. The SMILES string of the molecule is O=C1CCC(C(=O)O)(c2ccccc2OC(F)F)CC1. The van der Waals surface area contributed by atoms with E-state index in [9.17, 15) is 23.5 Å². The average molecular weight is 284 g/mol. The number of ketones is 1. The van der Waals surface area contributed by atoms with Crippen molar-refractivity contribution in [3.8, 4) is 5.75 Å². The highest BCUT2D eigenvalue weighted by Crippen LogP contribution is 2.43. The summed E-state index contributed by atoms with van der Waals surface area (Å²) in [5, 5.41) is 9.53. The average Bonchev–Trinajstić information content (AvgIpc) is 2.40. The van der Waals surface area contributed by atoms with Crippen molar-refractivity contribution in [2.45, 2.75) is 37.7 Å². The lowest BCUT2D eigenvalue weighted by molar-refractivity contribution is -0.146. The van der Waals surface area contributed by atoms with Crippen molar-refractivity contribution in [1.29, 1.82) is 0 Å². The molecule has 1 aromatic carbocycles. The van der Waals surface area contributed by atoms with Crippen LogP contribution in [0, 0.1) is 0 Å². The van der Waals surface area contributed by atoms with Crippen molar-refractivity contribution >= 4 is 11.8 Å². The molecule has 1 fully saturated rings. The molecule has 2 rings (SSSR count). The smallest absolute Gasteiger partial charge is 0.387 e. The number of hydrogen-bond donors (Lipinski definition) is 1. The normalized spacial score (nSPS) is 18.1. The predicted octanol–water partition coefficient (Wildman–Crippen LogP) is 2.75. The predicted molar refractivity (Wildman–Crippen MR) is 65.9 cm³/mol. The molecule has 0 saturated heterocycles. The quantitative estimate of drug-likeness (QED) is 0.923. The van der Waals surface area contributed by atoms with Crippen molar-refractivity contribution in [1.82, 2.24) is 0 Å². The molecule has 0 aliphatic heterocycles. The summed E-state index contributed by atoms with van der Waals surface area (Å²) >= 11 is 0. The Labute approximate surface area is 114 Å². The summed E-state index contributed by atoms with van der Waals surface area (Å²) in [6.07, 6.45) is 0.472. The molecule has 0 amide bonds. The van der Waals surface area contributed by atoms with Gasteiger partial charge in [0.25, 0.3) is 0 Å². The van der Waals surface area contributed by atoms with Crippen LogP contribution in [0.2, 0.25) is 0 Å². The van der Waals surface area contributed by atoms with E-state index in [-0.39, 0.29) is 42.8 Å². The molecular formula is C14H14F2O4. The number of carbonyl (C=O) groups excluding carboxylic acids is 1. The van der Waals surface area contributed by atoms with Gasteiger partial charge in [-0.15, -0.1) is 0 Å². The number of para-hydroxylation sites is 1. The zero-order valence-corrected chi connectivity index (χ0v) is 10.6. The molecular weight excluding hydrogens is 270 g/mol. The van der Waals surface area contributed by atoms with Crippen molar-refractivity contribution in [2.24, 2.45) is 0 Å². The maximum atomic E-state index is 12.4. The van der Waals surface area contributed by atoms with Gasteiger partial charge in [-0.2, -0.15) is 8.78 Å². The number of carbonyl (C=O) groups is 2. The second-order valence-electron chi connectivity index (χ2n) is 4.80. The minimum Gasteiger partial charge on any atom is -0.481 e. The molecule has 108 valence electrons. The summed E-state index contributed by atoms with van der Waals surface area (Å²) in [5.41, 5.74) is -1.13. The Hall–Kier alpha value is -1.98. The van der Waals surface area contributed by atoms with Gasteiger partial charge in [-0.3, -0.25) is 9.59 Å².